The number of imide groups is 1. The molecule has 8 nitrogen and oxygen atoms in total. The first-order chi connectivity index (χ1) is 14.9. The minimum atomic E-state index is -0.745. The van der Waals surface area contributed by atoms with Gasteiger partial charge in [-0.1, -0.05) is 6.07 Å². The number of esters is 1. The first-order valence-electron chi connectivity index (χ1n) is 9.40. The molecule has 0 aliphatic carbocycles. The monoisotopic (exact) mass is 438 g/mol. The summed E-state index contributed by atoms with van der Waals surface area (Å²) in [6.45, 7) is 0.00844. The maximum absolute atomic E-state index is 12.7. The predicted molar refractivity (Wildman–Crippen MR) is 110 cm³/mol. The van der Waals surface area contributed by atoms with Gasteiger partial charge in [0.05, 0.1) is 36.0 Å². The molecule has 31 heavy (non-hydrogen) atoms. The third kappa shape index (κ3) is 4.26. The fourth-order valence-corrected chi connectivity index (χ4v) is 3.92. The van der Waals surface area contributed by atoms with Gasteiger partial charge < -0.3 is 14.1 Å². The van der Waals surface area contributed by atoms with Crippen molar-refractivity contribution in [3.05, 3.63) is 81.4 Å². The molecule has 1 aromatic carbocycles. The molecule has 0 unspecified atom stereocenters. The predicted octanol–water partition coefficient (Wildman–Crippen LogP) is 2.95. The second-order valence-electron chi connectivity index (χ2n) is 6.94. The third-order valence-corrected chi connectivity index (χ3v) is 5.69. The van der Waals surface area contributed by atoms with Crippen LogP contribution in [0.15, 0.2) is 58.5 Å². The summed E-state index contributed by atoms with van der Waals surface area (Å²) in [6.07, 6.45) is 1.46. The number of ether oxygens (including phenoxy) is 1. The van der Waals surface area contributed by atoms with Crippen molar-refractivity contribution in [3.8, 4) is 0 Å². The van der Waals surface area contributed by atoms with Crippen LogP contribution in [0.1, 0.15) is 41.7 Å². The van der Waals surface area contributed by atoms with Crippen LogP contribution in [0.2, 0.25) is 0 Å². The maximum Gasteiger partial charge on any atom is 0.338 e. The van der Waals surface area contributed by atoms with Gasteiger partial charge in [-0.3, -0.25) is 19.3 Å². The van der Waals surface area contributed by atoms with Crippen molar-refractivity contribution < 1.29 is 28.3 Å². The lowest BCUT2D eigenvalue weighted by Gasteiger charge is -2.16. The number of fused-ring (bicyclic) bond motifs is 1. The highest BCUT2D eigenvalue weighted by Gasteiger charge is 2.36. The lowest BCUT2D eigenvalue weighted by atomic mass is 10.1. The number of carbonyl (C=O) groups is 4. The molecule has 0 N–H and O–H groups in total. The van der Waals surface area contributed by atoms with Crippen molar-refractivity contribution in [2.75, 3.05) is 13.7 Å². The van der Waals surface area contributed by atoms with Crippen molar-refractivity contribution in [3.63, 3.8) is 0 Å². The SMILES string of the molecule is CN(Cc1cccs1)C(=O)COC(=O)c1ccc2c(c1)C(=O)N(Cc1ccco1)C2=O. The van der Waals surface area contributed by atoms with Crippen molar-refractivity contribution >= 4 is 35.0 Å². The van der Waals surface area contributed by atoms with Crippen molar-refractivity contribution in [1.82, 2.24) is 9.80 Å². The van der Waals surface area contributed by atoms with Gasteiger partial charge in [-0.25, -0.2) is 4.79 Å². The van der Waals surface area contributed by atoms with E-state index in [4.69, 9.17) is 9.15 Å². The average Bonchev–Trinajstić information content (AvgIpc) is 3.51. The summed E-state index contributed by atoms with van der Waals surface area (Å²) < 4.78 is 10.3. The van der Waals surface area contributed by atoms with Crippen LogP contribution in [0.25, 0.3) is 0 Å². The van der Waals surface area contributed by atoms with Crippen LogP contribution < -0.4 is 0 Å². The fourth-order valence-electron chi connectivity index (χ4n) is 3.16. The Morgan fingerprint density at radius 1 is 1.10 bits per heavy atom. The minimum absolute atomic E-state index is 0.00417. The molecule has 0 spiro atoms. The molecule has 158 valence electrons. The van der Waals surface area contributed by atoms with Gasteiger partial charge in [0, 0.05) is 11.9 Å². The zero-order valence-electron chi connectivity index (χ0n) is 16.6. The van der Waals surface area contributed by atoms with E-state index in [-0.39, 0.29) is 29.1 Å². The maximum atomic E-state index is 12.7. The van der Waals surface area contributed by atoms with Crippen LogP contribution in [-0.2, 0) is 22.6 Å². The van der Waals surface area contributed by atoms with E-state index >= 15 is 0 Å². The zero-order valence-corrected chi connectivity index (χ0v) is 17.4. The summed E-state index contributed by atoms with van der Waals surface area (Å²) in [4.78, 5) is 53.4. The molecule has 0 fully saturated rings. The van der Waals surface area contributed by atoms with Gasteiger partial charge in [0.2, 0.25) is 0 Å². The summed E-state index contributed by atoms with van der Waals surface area (Å²) >= 11 is 1.53. The standard InChI is InChI=1S/C22H18N2O6S/c1-23(12-16-5-3-9-31-16)19(25)13-30-22(28)14-6-7-17-18(10-14)21(27)24(20(17)26)11-15-4-2-8-29-15/h2-10H,11-13H2,1H3. The fraction of sp³-hybridized carbons (Fsp3) is 0.182. The number of carbonyl (C=O) groups excluding carboxylic acids is 4. The number of furan rings is 1. The van der Waals surface area contributed by atoms with E-state index in [0.717, 1.165) is 9.78 Å². The molecule has 3 heterocycles. The topological polar surface area (TPSA) is 97.1 Å². The Kier molecular flexibility index (Phi) is 5.68. The summed E-state index contributed by atoms with van der Waals surface area (Å²) in [5.74, 6) is -1.59. The van der Waals surface area contributed by atoms with E-state index in [1.807, 2.05) is 17.5 Å². The molecule has 0 saturated heterocycles. The highest BCUT2D eigenvalue weighted by Crippen LogP contribution is 2.26. The summed E-state index contributed by atoms with van der Waals surface area (Å²) in [7, 11) is 1.63. The number of benzene rings is 1. The van der Waals surface area contributed by atoms with E-state index in [1.165, 1.54) is 40.7 Å². The molecule has 0 radical (unpaired) electrons. The Bertz CT molecular complexity index is 1140. The largest absolute Gasteiger partial charge is 0.467 e. The van der Waals surface area contributed by atoms with Gasteiger partial charge >= 0.3 is 5.97 Å². The summed E-state index contributed by atoms with van der Waals surface area (Å²) in [5.41, 5.74) is 0.417. The highest BCUT2D eigenvalue weighted by atomic mass is 32.1. The van der Waals surface area contributed by atoms with Gasteiger partial charge in [0.1, 0.15) is 5.76 Å². The first-order valence-corrected chi connectivity index (χ1v) is 10.3. The molecule has 2 aromatic heterocycles. The average molecular weight is 438 g/mol. The van der Waals surface area contributed by atoms with Crippen LogP contribution in [0.3, 0.4) is 0 Å². The Morgan fingerprint density at radius 2 is 1.90 bits per heavy atom. The van der Waals surface area contributed by atoms with E-state index in [1.54, 1.807) is 19.2 Å². The number of amides is 3. The van der Waals surface area contributed by atoms with Crippen LogP contribution in [0.4, 0.5) is 0 Å². The van der Waals surface area contributed by atoms with Gasteiger partial charge in [-0.15, -0.1) is 11.3 Å². The Balaban J connectivity index is 1.39. The first kappa shape index (κ1) is 20.5. The normalized spacial score (nSPS) is 12.7. The minimum Gasteiger partial charge on any atom is -0.467 e. The second-order valence-corrected chi connectivity index (χ2v) is 7.97. The van der Waals surface area contributed by atoms with E-state index in [9.17, 15) is 19.2 Å². The van der Waals surface area contributed by atoms with Crippen LogP contribution >= 0.6 is 11.3 Å². The molecule has 3 aromatic rings. The lowest BCUT2D eigenvalue weighted by Crippen LogP contribution is -2.30. The van der Waals surface area contributed by atoms with Gasteiger partial charge in [-0.05, 0) is 41.8 Å². The smallest absolute Gasteiger partial charge is 0.338 e. The number of hydrogen-bond acceptors (Lipinski definition) is 7. The second kappa shape index (κ2) is 8.57. The van der Waals surface area contributed by atoms with Crippen molar-refractivity contribution in [2.45, 2.75) is 13.1 Å². The highest BCUT2D eigenvalue weighted by molar-refractivity contribution is 7.09. The Morgan fingerprint density at radius 3 is 2.61 bits per heavy atom. The summed E-state index contributed by atoms with van der Waals surface area (Å²) in [6, 6.07) is 11.3. The molecule has 9 heteroatoms. The number of likely N-dealkylation sites (N-methyl/N-ethyl adjacent to an activating group) is 1. The lowest BCUT2D eigenvalue weighted by molar-refractivity contribution is -0.133. The van der Waals surface area contributed by atoms with E-state index < -0.39 is 24.4 Å². The van der Waals surface area contributed by atoms with E-state index in [0.29, 0.717) is 12.3 Å². The van der Waals surface area contributed by atoms with Gasteiger partial charge in [0.15, 0.2) is 6.61 Å². The van der Waals surface area contributed by atoms with E-state index in [2.05, 4.69) is 0 Å². The molecule has 1 aliphatic rings. The van der Waals surface area contributed by atoms with Crippen LogP contribution in [-0.4, -0.2) is 47.1 Å². The zero-order chi connectivity index (χ0) is 22.0. The molecule has 0 saturated carbocycles. The van der Waals surface area contributed by atoms with Crippen LogP contribution in [0, 0.1) is 0 Å². The molecule has 3 amide bonds. The summed E-state index contributed by atoms with van der Waals surface area (Å²) in [5, 5.41) is 1.92. The molecule has 1 aliphatic heterocycles. The number of hydrogen-bond donors (Lipinski definition) is 0. The van der Waals surface area contributed by atoms with Gasteiger partial charge in [0.25, 0.3) is 17.7 Å². The Labute approximate surface area is 181 Å². The number of nitrogens with zero attached hydrogens (tertiary/aromatic N) is 2. The van der Waals surface area contributed by atoms with Crippen LogP contribution in [0.5, 0.6) is 0 Å². The molecule has 4 rings (SSSR count). The van der Waals surface area contributed by atoms with Gasteiger partial charge in [-0.2, -0.15) is 0 Å². The molecular weight excluding hydrogens is 420 g/mol. The molecule has 0 bridgehead atoms. The van der Waals surface area contributed by atoms with Crippen molar-refractivity contribution in [1.29, 1.82) is 0 Å². The third-order valence-electron chi connectivity index (χ3n) is 4.83. The number of rotatable bonds is 7. The quantitative estimate of drug-likeness (QED) is 0.416. The van der Waals surface area contributed by atoms with Crippen molar-refractivity contribution in [2.24, 2.45) is 0 Å². The molecular formula is C22H18N2O6S. The molecule has 0 atom stereocenters. The number of thiophene rings is 1. The Hall–Kier alpha value is -3.72.